The zero-order valence-corrected chi connectivity index (χ0v) is 18.5. The Bertz CT molecular complexity index is 927. The van der Waals surface area contributed by atoms with E-state index in [2.05, 4.69) is 69.9 Å². The molecule has 2 aliphatic heterocycles. The zero-order valence-electron chi connectivity index (χ0n) is 16.9. The van der Waals surface area contributed by atoms with Crippen LogP contribution in [0.1, 0.15) is 44.0 Å². The summed E-state index contributed by atoms with van der Waals surface area (Å²) in [6, 6.07) is 20.3. The van der Waals surface area contributed by atoms with E-state index >= 15 is 0 Å². The third-order valence-electron chi connectivity index (χ3n) is 6.32. The Morgan fingerprint density at radius 2 is 1.48 bits per heavy atom. The summed E-state index contributed by atoms with van der Waals surface area (Å²) in [6.07, 6.45) is 9.81. The van der Waals surface area contributed by atoms with Gasteiger partial charge in [0.25, 0.3) is 5.82 Å². The first-order valence-corrected chi connectivity index (χ1v) is 10.8. The van der Waals surface area contributed by atoms with E-state index in [9.17, 15) is 0 Å². The van der Waals surface area contributed by atoms with E-state index in [1.807, 2.05) is 0 Å². The van der Waals surface area contributed by atoms with Crippen LogP contribution in [0.25, 0.3) is 22.4 Å². The van der Waals surface area contributed by atoms with E-state index in [1.165, 1.54) is 53.9 Å². The maximum Gasteiger partial charge on any atom is 0.257 e. The topological polar surface area (TPSA) is 18.0 Å². The number of hydrogen-bond donors (Lipinski definition) is 0. The average Bonchev–Trinajstić information content (AvgIpc) is 2.96. The van der Waals surface area contributed by atoms with Crippen molar-refractivity contribution in [3.63, 3.8) is 0 Å². The highest BCUT2D eigenvalue weighted by atomic mass is 79.9. The molecule has 1 fully saturated rings. The van der Waals surface area contributed by atoms with Gasteiger partial charge in [0.05, 0.1) is 19.8 Å². The lowest BCUT2D eigenvalue weighted by Crippen LogP contribution is -3.00. The summed E-state index contributed by atoms with van der Waals surface area (Å²) in [4.78, 5) is 0. The first-order chi connectivity index (χ1) is 13.9. The highest BCUT2D eigenvalue weighted by Gasteiger charge is 2.31. The van der Waals surface area contributed by atoms with Crippen molar-refractivity contribution in [2.75, 3.05) is 13.2 Å². The fourth-order valence-corrected chi connectivity index (χ4v) is 4.77. The number of nitrogens with zero attached hydrogens (tertiary/aromatic N) is 2. The Hall–Kier alpha value is -1.91. The van der Waals surface area contributed by atoms with Crippen LogP contribution in [0.2, 0.25) is 0 Å². The zero-order chi connectivity index (χ0) is 18.8. The Morgan fingerprint density at radius 3 is 2.24 bits per heavy atom. The molecule has 3 heterocycles. The molecular weight excluding hydrogens is 424 g/mol. The van der Waals surface area contributed by atoms with Crippen molar-refractivity contribution in [3.05, 3.63) is 66.6 Å². The highest BCUT2D eigenvalue weighted by Crippen LogP contribution is 2.29. The minimum atomic E-state index is 0. The average molecular weight is 453 g/mol. The number of fused-ring (bicyclic) bond motifs is 1. The Kier molecular flexibility index (Phi) is 6.51. The summed E-state index contributed by atoms with van der Waals surface area (Å²) < 4.78 is 10.8. The molecule has 3 nitrogen and oxygen atoms in total. The maximum atomic E-state index is 5.62. The Morgan fingerprint density at radius 1 is 0.793 bits per heavy atom. The number of hydrogen-bond acceptors (Lipinski definition) is 1. The van der Waals surface area contributed by atoms with Gasteiger partial charge in [0.15, 0.2) is 5.69 Å². The molecule has 0 spiro atoms. The van der Waals surface area contributed by atoms with Gasteiger partial charge in [0.2, 0.25) is 0 Å². The molecule has 2 aromatic carbocycles. The van der Waals surface area contributed by atoms with Crippen LogP contribution in [0.4, 0.5) is 0 Å². The van der Waals surface area contributed by atoms with Crippen molar-refractivity contribution < 1.29 is 26.3 Å². The van der Waals surface area contributed by atoms with Crippen molar-refractivity contribution in [1.82, 2.24) is 4.57 Å². The van der Waals surface area contributed by atoms with E-state index in [-0.39, 0.29) is 17.0 Å². The molecule has 0 aliphatic carbocycles. The first-order valence-electron chi connectivity index (χ1n) is 10.8. The number of rotatable bonds is 3. The fraction of sp³-hybridized carbons (Fsp3) is 0.400. The van der Waals surface area contributed by atoms with Crippen LogP contribution < -0.4 is 21.5 Å². The molecule has 0 bridgehead atoms. The summed E-state index contributed by atoms with van der Waals surface area (Å²) in [5.41, 5.74) is 5.27. The van der Waals surface area contributed by atoms with E-state index in [0.717, 1.165) is 32.6 Å². The quantitative estimate of drug-likeness (QED) is 0.557. The summed E-state index contributed by atoms with van der Waals surface area (Å²) in [6.45, 7) is 2.92. The molecule has 1 aromatic heterocycles. The molecule has 3 aromatic rings. The fourth-order valence-electron chi connectivity index (χ4n) is 4.77. The molecule has 152 valence electrons. The van der Waals surface area contributed by atoms with Gasteiger partial charge in [-0.15, -0.1) is 0 Å². The predicted octanol–water partition coefficient (Wildman–Crippen LogP) is 2.19. The summed E-state index contributed by atoms with van der Waals surface area (Å²) >= 11 is 0. The number of imidazole rings is 1. The molecule has 1 saturated heterocycles. The molecule has 0 unspecified atom stereocenters. The second kappa shape index (κ2) is 9.27. The van der Waals surface area contributed by atoms with Gasteiger partial charge in [-0.05, 0) is 42.5 Å². The van der Waals surface area contributed by atoms with Crippen molar-refractivity contribution in [2.45, 2.75) is 51.1 Å². The third kappa shape index (κ3) is 4.19. The summed E-state index contributed by atoms with van der Waals surface area (Å²) in [5, 5.41) is 0. The molecule has 0 atom stereocenters. The largest absolute Gasteiger partial charge is 1.00 e. The number of ether oxygens (including phenoxy) is 1. The van der Waals surface area contributed by atoms with Gasteiger partial charge >= 0.3 is 0 Å². The minimum absolute atomic E-state index is 0. The molecule has 2 aliphatic rings. The Labute approximate surface area is 184 Å². The molecule has 0 amide bonds. The lowest BCUT2D eigenvalue weighted by Gasteiger charge is -2.20. The third-order valence-corrected chi connectivity index (χ3v) is 6.32. The van der Waals surface area contributed by atoms with Crippen molar-refractivity contribution in [2.24, 2.45) is 0 Å². The standard InChI is InChI=1S/C25H29N2O.BrH/c1-3-7-20(8-4-1)21-10-12-22(13-11-21)24-19-27(23-14-17-28-18-15-23)25-9-5-2-6-16-26(24)25;/h1,3-4,7-8,10-13,19,23H,2,5-6,9,14-18H2;1H/q+1;/p-1. The number of aromatic nitrogens is 2. The van der Waals surface area contributed by atoms with Crippen molar-refractivity contribution in [3.8, 4) is 22.4 Å². The number of benzene rings is 2. The van der Waals surface area contributed by atoms with Gasteiger partial charge in [-0.1, -0.05) is 42.5 Å². The Balaban J connectivity index is 0.00000205. The predicted molar refractivity (Wildman–Crippen MR) is 112 cm³/mol. The van der Waals surface area contributed by atoms with E-state index in [4.69, 9.17) is 4.74 Å². The first kappa shape index (κ1) is 20.4. The van der Waals surface area contributed by atoms with Crippen LogP contribution in [0.3, 0.4) is 0 Å². The van der Waals surface area contributed by atoms with Gasteiger partial charge in [0.1, 0.15) is 12.2 Å². The second-order valence-corrected chi connectivity index (χ2v) is 8.09. The van der Waals surface area contributed by atoms with Crippen LogP contribution in [0.5, 0.6) is 0 Å². The minimum Gasteiger partial charge on any atom is -1.00 e. The molecular formula is C25H29BrN2O. The summed E-state index contributed by atoms with van der Waals surface area (Å²) in [5.74, 6) is 1.52. The maximum absolute atomic E-state index is 5.62. The lowest BCUT2D eigenvalue weighted by atomic mass is 10.0. The normalized spacial score (nSPS) is 17.2. The molecule has 0 N–H and O–H groups in total. The van der Waals surface area contributed by atoms with E-state index in [0.29, 0.717) is 6.04 Å². The van der Waals surface area contributed by atoms with Crippen LogP contribution in [0, 0.1) is 0 Å². The van der Waals surface area contributed by atoms with E-state index in [1.54, 1.807) is 0 Å². The SMILES string of the molecule is [Br-].c1ccc(-c2ccc(-c3c[n+](C4CCOCC4)c4n3CCCCC4)cc2)cc1. The number of halogens is 1. The monoisotopic (exact) mass is 452 g/mol. The van der Waals surface area contributed by atoms with Gasteiger partial charge in [0, 0.05) is 24.8 Å². The van der Waals surface area contributed by atoms with Crippen LogP contribution in [-0.2, 0) is 17.7 Å². The molecule has 29 heavy (non-hydrogen) atoms. The van der Waals surface area contributed by atoms with Crippen LogP contribution in [-0.4, -0.2) is 17.8 Å². The molecule has 5 rings (SSSR count). The second-order valence-electron chi connectivity index (χ2n) is 8.09. The lowest BCUT2D eigenvalue weighted by molar-refractivity contribution is -0.732. The molecule has 4 heteroatoms. The van der Waals surface area contributed by atoms with Crippen LogP contribution >= 0.6 is 0 Å². The highest BCUT2D eigenvalue weighted by molar-refractivity contribution is 5.68. The van der Waals surface area contributed by atoms with Gasteiger partial charge in [-0.3, -0.25) is 0 Å². The molecule has 0 saturated carbocycles. The molecule has 0 radical (unpaired) electrons. The van der Waals surface area contributed by atoms with Crippen molar-refractivity contribution >= 4 is 0 Å². The van der Waals surface area contributed by atoms with Gasteiger partial charge in [-0.25, -0.2) is 9.13 Å². The van der Waals surface area contributed by atoms with Crippen molar-refractivity contribution in [1.29, 1.82) is 0 Å². The smallest absolute Gasteiger partial charge is 0.257 e. The van der Waals surface area contributed by atoms with Gasteiger partial charge < -0.3 is 21.7 Å². The van der Waals surface area contributed by atoms with Crippen LogP contribution in [0.15, 0.2) is 60.8 Å². The summed E-state index contributed by atoms with van der Waals surface area (Å²) in [7, 11) is 0. The van der Waals surface area contributed by atoms with E-state index < -0.39 is 0 Å². The van der Waals surface area contributed by atoms with Gasteiger partial charge in [-0.2, -0.15) is 0 Å².